The van der Waals surface area contributed by atoms with E-state index < -0.39 is 18.6 Å². The van der Waals surface area contributed by atoms with Crippen molar-refractivity contribution in [3.63, 3.8) is 0 Å². The van der Waals surface area contributed by atoms with Crippen LogP contribution in [0.3, 0.4) is 0 Å². The second-order valence-corrected chi connectivity index (χ2v) is 6.49. The number of halogens is 2. The van der Waals surface area contributed by atoms with E-state index in [0.29, 0.717) is 22.0 Å². The highest BCUT2D eigenvalue weighted by molar-refractivity contribution is 5.97. The minimum atomic E-state index is -3.01. The predicted molar refractivity (Wildman–Crippen MR) is 107 cm³/mol. The van der Waals surface area contributed by atoms with Crippen LogP contribution in [0.25, 0.3) is 10.8 Å². The molecule has 0 bridgehead atoms. The van der Waals surface area contributed by atoms with Gasteiger partial charge in [0.05, 0.1) is 31.6 Å². The standard InChI is InChI=1S/C21H22F2N2O5/c1-3-29-17-9-12(7-8-16(17)30-21(22)23)15(10-18(26)28-2)25-11-13-5-4-6-14(24)19(13)20(25)27/h4-9,11,15,21,27H,3,10,24H2,1-2H3. The molecule has 0 saturated carbocycles. The number of hydrogen-bond acceptors (Lipinski definition) is 6. The summed E-state index contributed by atoms with van der Waals surface area (Å²) in [5.74, 6) is -0.668. The molecule has 2 aromatic carbocycles. The molecule has 0 radical (unpaired) electrons. The number of methoxy groups -OCH3 is 1. The molecule has 0 spiro atoms. The number of carbonyl (C=O) groups excluding carboxylic acids is 1. The second-order valence-electron chi connectivity index (χ2n) is 6.49. The maximum absolute atomic E-state index is 12.7. The summed E-state index contributed by atoms with van der Waals surface area (Å²) in [5, 5.41) is 11.9. The number of anilines is 1. The molecule has 1 aromatic heterocycles. The van der Waals surface area contributed by atoms with E-state index in [4.69, 9.17) is 15.2 Å². The Hall–Kier alpha value is -3.49. The number of benzene rings is 2. The lowest BCUT2D eigenvalue weighted by molar-refractivity contribution is -0.141. The lowest BCUT2D eigenvalue weighted by Crippen LogP contribution is -2.16. The lowest BCUT2D eigenvalue weighted by atomic mass is 10.0. The van der Waals surface area contributed by atoms with Gasteiger partial charge < -0.3 is 29.6 Å². The Morgan fingerprint density at radius 3 is 2.63 bits per heavy atom. The van der Waals surface area contributed by atoms with Gasteiger partial charge in [0.2, 0.25) is 5.88 Å². The first-order chi connectivity index (χ1) is 14.3. The number of hydrogen-bond donors (Lipinski definition) is 2. The number of nitrogens with two attached hydrogens (primary N) is 1. The average Bonchev–Trinajstić information content (AvgIpc) is 3.04. The summed E-state index contributed by atoms with van der Waals surface area (Å²) in [6, 6.07) is 8.85. The van der Waals surface area contributed by atoms with Gasteiger partial charge in [-0.15, -0.1) is 0 Å². The lowest BCUT2D eigenvalue weighted by Gasteiger charge is -2.21. The number of fused-ring (bicyclic) bond motifs is 1. The number of alkyl halides is 2. The zero-order chi connectivity index (χ0) is 21.8. The van der Waals surface area contributed by atoms with Crippen LogP contribution in [0.1, 0.15) is 24.9 Å². The second kappa shape index (κ2) is 8.89. The predicted octanol–water partition coefficient (Wildman–Crippen LogP) is 4.08. The minimum Gasteiger partial charge on any atom is -0.494 e. The van der Waals surface area contributed by atoms with Crippen LogP contribution in [-0.2, 0) is 9.53 Å². The molecule has 1 unspecified atom stereocenters. The fourth-order valence-corrected chi connectivity index (χ4v) is 3.34. The van der Waals surface area contributed by atoms with Crippen molar-refractivity contribution in [1.29, 1.82) is 0 Å². The number of rotatable bonds is 8. The monoisotopic (exact) mass is 420 g/mol. The van der Waals surface area contributed by atoms with Crippen LogP contribution < -0.4 is 15.2 Å². The number of nitrogens with zero attached hydrogens (tertiary/aromatic N) is 1. The van der Waals surface area contributed by atoms with E-state index >= 15 is 0 Å². The molecule has 3 N–H and O–H groups in total. The van der Waals surface area contributed by atoms with Gasteiger partial charge in [0.15, 0.2) is 11.5 Å². The highest BCUT2D eigenvalue weighted by atomic mass is 19.3. The van der Waals surface area contributed by atoms with E-state index in [2.05, 4.69) is 4.74 Å². The maximum atomic E-state index is 12.7. The molecular weight excluding hydrogens is 398 g/mol. The zero-order valence-corrected chi connectivity index (χ0v) is 16.5. The van der Waals surface area contributed by atoms with Crippen molar-refractivity contribution in [1.82, 2.24) is 4.57 Å². The minimum absolute atomic E-state index is 0.0980. The van der Waals surface area contributed by atoms with E-state index in [1.54, 1.807) is 31.3 Å². The van der Waals surface area contributed by atoms with Crippen molar-refractivity contribution in [2.24, 2.45) is 0 Å². The van der Waals surface area contributed by atoms with Crippen LogP contribution in [-0.4, -0.2) is 36.0 Å². The van der Waals surface area contributed by atoms with Crippen molar-refractivity contribution in [2.75, 3.05) is 19.5 Å². The highest BCUT2D eigenvalue weighted by Crippen LogP contribution is 2.39. The first-order valence-corrected chi connectivity index (χ1v) is 9.22. The fraction of sp³-hybridized carbons (Fsp3) is 0.286. The molecule has 0 amide bonds. The van der Waals surface area contributed by atoms with E-state index in [9.17, 15) is 18.7 Å². The van der Waals surface area contributed by atoms with Gasteiger partial charge in [0.25, 0.3) is 0 Å². The number of esters is 1. The number of carbonyl (C=O) groups is 1. The number of aromatic nitrogens is 1. The molecule has 0 aliphatic rings. The van der Waals surface area contributed by atoms with E-state index in [-0.39, 0.29) is 30.4 Å². The normalized spacial score (nSPS) is 12.2. The zero-order valence-electron chi connectivity index (χ0n) is 16.5. The SMILES string of the molecule is CCOc1cc(C(CC(=O)OC)n2cc3cccc(N)c3c2O)ccc1OC(F)F. The van der Waals surface area contributed by atoms with Gasteiger partial charge in [0, 0.05) is 17.3 Å². The van der Waals surface area contributed by atoms with Gasteiger partial charge in [-0.1, -0.05) is 18.2 Å². The van der Waals surface area contributed by atoms with E-state index in [1.165, 1.54) is 29.9 Å². The van der Waals surface area contributed by atoms with Crippen molar-refractivity contribution in [3.05, 3.63) is 48.2 Å². The molecule has 30 heavy (non-hydrogen) atoms. The van der Waals surface area contributed by atoms with Crippen LogP contribution in [0.15, 0.2) is 42.6 Å². The summed E-state index contributed by atoms with van der Waals surface area (Å²) >= 11 is 0. The van der Waals surface area contributed by atoms with Gasteiger partial charge >= 0.3 is 12.6 Å². The van der Waals surface area contributed by atoms with Gasteiger partial charge in [-0.2, -0.15) is 8.78 Å². The Kier molecular flexibility index (Phi) is 6.29. The van der Waals surface area contributed by atoms with Crippen LogP contribution in [0.5, 0.6) is 17.4 Å². The Bertz CT molecular complexity index is 1050. The van der Waals surface area contributed by atoms with Crippen LogP contribution in [0.2, 0.25) is 0 Å². The smallest absolute Gasteiger partial charge is 0.387 e. The summed E-state index contributed by atoms with van der Waals surface area (Å²) in [6.07, 6.45) is 1.55. The summed E-state index contributed by atoms with van der Waals surface area (Å²) < 4.78 is 41.6. The van der Waals surface area contributed by atoms with E-state index in [0.717, 1.165) is 0 Å². The Morgan fingerprint density at radius 2 is 2.00 bits per heavy atom. The third-order valence-corrected chi connectivity index (χ3v) is 4.67. The highest BCUT2D eigenvalue weighted by Gasteiger charge is 2.25. The van der Waals surface area contributed by atoms with Crippen molar-refractivity contribution >= 4 is 22.4 Å². The number of nitrogen functional groups attached to an aromatic ring is 1. The van der Waals surface area contributed by atoms with Gasteiger partial charge in [-0.3, -0.25) is 4.79 Å². The average molecular weight is 420 g/mol. The molecule has 3 aromatic rings. The molecule has 0 aliphatic carbocycles. The van der Waals surface area contributed by atoms with Gasteiger partial charge in [-0.25, -0.2) is 0 Å². The molecule has 3 rings (SSSR count). The third-order valence-electron chi connectivity index (χ3n) is 4.67. The molecule has 0 fully saturated rings. The summed E-state index contributed by atoms with van der Waals surface area (Å²) in [6.45, 7) is -1.08. The molecule has 160 valence electrons. The van der Waals surface area contributed by atoms with Gasteiger partial charge in [0.1, 0.15) is 0 Å². The molecule has 1 atom stereocenters. The van der Waals surface area contributed by atoms with Crippen LogP contribution >= 0.6 is 0 Å². The Morgan fingerprint density at radius 1 is 1.23 bits per heavy atom. The molecular formula is C21H22F2N2O5. The molecule has 9 heteroatoms. The molecule has 1 heterocycles. The molecule has 0 saturated heterocycles. The summed E-state index contributed by atoms with van der Waals surface area (Å²) in [7, 11) is 1.26. The van der Waals surface area contributed by atoms with Gasteiger partial charge in [-0.05, 0) is 30.7 Å². The first-order valence-electron chi connectivity index (χ1n) is 9.22. The third kappa shape index (κ3) is 4.24. The van der Waals surface area contributed by atoms with Crippen LogP contribution in [0.4, 0.5) is 14.5 Å². The van der Waals surface area contributed by atoms with Crippen molar-refractivity contribution < 1.29 is 32.9 Å². The number of ether oxygens (including phenoxy) is 3. The quantitative estimate of drug-likeness (QED) is 0.421. The first kappa shape index (κ1) is 21.2. The number of aromatic hydroxyl groups is 1. The maximum Gasteiger partial charge on any atom is 0.387 e. The molecule has 7 nitrogen and oxygen atoms in total. The topological polar surface area (TPSA) is 95.9 Å². The summed E-state index contributed by atoms with van der Waals surface area (Å²) in [4.78, 5) is 12.1. The largest absolute Gasteiger partial charge is 0.494 e. The Balaban J connectivity index is 2.13. The van der Waals surface area contributed by atoms with Crippen molar-refractivity contribution in [2.45, 2.75) is 26.0 Å². The summed E-state index contributed by atoms with van der Waals surface area (Å²) in [5.41, 5.74) is 6.91. The Labute approximate surface area is 171 Å². The fourth-order valence-electron chi connectivity index (χ4n) is 3.34. The van der Waals surface area contributed by atoms with Crippen LogP contribution in [0, 0.1) is 0 Å². The molecule has 0 aliphatic heterocycles. The van der Waals surface area contributed by atoms with E-state index in [1.807, 2.05) is 0 Å². The van der Waals surface area contributed by atoms with Crippen molar-refractivity contribution in [3.8, 4) is 17.4 Å².